The third-order valence-electron chi connectivity index (χ3n) is 1.80. The molecule has 1 aromatic carbocycles. The van der Waals surface area contributed by atoms with E-state index in [4.69, 9.17) is 0 Å². The monoisotopic (exact) mass is 316 g/mol. The third kappa shape index (κ3) is 1.74. The second-order valence-electron chi connectivity index (χ2n) is 2.50. The summed E-state index contributed by atoms with van der Waals surface area (Å²) >= 11 is 0. The van der Waals surface area contributed by atoms with E-state index in [0.29, 0.717) is 0 Å². The number of benzene rings is 1. The summed E-state index contributed by atoms with van der Waals surface area (Å²) in [5.74, 6) is 0. The van der Waals surface area contributed by atoms with Crippen LogP contribution < -0.4 is 0 Å². The Morgan fingerprint density at radius 1 is 1.18 bits per heavy atom. The minimum atomic E-state index is 0. The number of hydrogen-bond acceptors (Lipinski definition) is 0. The topological polar surface area (TPSA) is 0 Å². The predicted octanol–water partition coefficient (Wildman–Crippen LogP) is 2.46. The first-order chi connectivity index (χ1) is 4.97. The Morgan fingerprint density at radius 2 is 2.00 bits per heavy atom. The van der Waals surface area contributed by atoms with E-state index in [-0.39, 0.29) is 20.4 Å². The van der Waals surface area contributed by atoms with Gasteiger partial charge in [-0.2, -0.15) is 0 Å². The van der Waals surface area contributed by atoms with Gasteiger partial charge in [-0.05, 0) is 0 Å². The predicted molar refractivity (Wildman–Crippen MR) is 43.5 cm³/mol. The molecular formula is C10H9Re-. The molecule has 0 unspecified atom stereocenters. The summed E-state index contributed by atoms with van der Waals surface area (Å²) in [6.45, 7) is 0. The van der Waals surface area contributed by atoms with Crippen LogP contribution in [0.3, 0.4) is 0 Å². The molecule has 0 aliphatic heterocycles. The number of rotatable bonds is 0. The largest absolute Gasteiger partial charge is 0.227 e. The second kappa shape index (κ2) is 3.76. The quantitative estimate of drug-likeness (QED) is 0.645. The van der Waals surface area contributed by atoms with Gasteiger partial charge in [-0.25, -0.2) is 18.6 Å². The van der Waals surface area contributed by atoms with Crippen LogP contribution in [0.5, 0.6) is 0 Å². The molecule has 0 saturated carbocycles. The minimum absolute atomic E-state index is 0. The molecule has 1 aliphatic rings. The van der Waals surface area contributed by atoms with Gasteiger partial charge in [0.15, 0.2) is 0 Å². The van der Waals surface area contributed by atoms with Crippen LogP contribution >= 0.6 is 0 Å². The van der Waals surface area contributed by atoms with Crippen LogP contribution in [-0.4, -0.2) is 0 Å². The van der Waals surface area contributed by atoms with Gasteiger partial charge in [0.1, 0.15) is 0 Å². The van der Waals surface area contributed by atoms with Gasteiger partial charge in [-0.15, -0.1) is 5.56 Å². The SMILES string of the molecule is C1=Cc2ccccc2C[CH-]1.[Re]. The number of hydrogen-bond donors (Lipinski definition) is 0. The van der Waals surface area contributed by atoms with Crippen LogP contribution in [0.4, 0.5) is 0 Å². The van der Waals surface area contributed by atoms with Crippen molar-refractivity contribution in [1.82, 2.24) is 0 Å². The molecule has 11 heavy (non-hydrogen) atoms. The van der Waals surface area contributed by atoms with Crippen molar-refractivity contribution in [3.63, 3.8) is 0 Å². The molecule has 0 bridgehead atoms. The van der Waals surface area contributed by atoms with E-state index in [9.17, 15) is 0 Å². The number of allylic oxidation sites excluding steroid dienone is 1. The molecule has 0 saturated heterocycles. The Bertz CT molecular complexity index is 263. The Balaban J connectivity index is 0.000000605. The van der Waals surface area contributed by atoms with Gasteiger partial charge >= 0.3 is 0 Å². The smallest absolute Gasteiger partial charge is 0 e. The summed E-state index contributed by atoms with van der Waals surface area (Å²) in [6.07, 6.45) is 7.54. The van der Waals surface area contributed by atoms with Crippen LogP contribution in [-0.2, 0) is 26.8 Å². The van der Waals surface area contributed by atoms with Crippen LogP contribution in [0.15, 0.2) is 30.3 Å². The van der Waals surface area contributed by atoms with E-state index in [1.54, 1.807) is 0 Å². The maximum absolute atomic E-state index is 2.18. The second-order valence-corrected chi connectivity index (χ2v) is 2.50. The van der Waals surface area contributed by atoms with Crippen molar-refractivity contribution in [2.24, 2.45) is 0 Å². The fourth-order valence-corrected chi connectivity index (χ4v) is 1.25. The zero-order valence-corrected chi connectivity index (χ0v) is 8.84. The molecule has 0 heterocycles. The van der Waals surface area contributed by atoms with Crippen LogP contribution in [0.1, 0.15) is 11.1 Å². The van der Waals surface area contributed by atoms with E-state index in [0.717, 1.165) is 6.42 Å². The van der Waals surface area contributed by atoms with Crippen molar-refractivity contribution in [2.75, 3.05) is 0 Å². The van der Waals surface area contributed by atoms with E-state index in [1.165, 1.54) is 11.1 Å². The van der Waals surface area contributed by atoms with E-state index in [1.807, 2.05) is 0 Å². The number of fused-ring (bicyclic) bond motifs is 1. The molecule has 0 atom stereocenters. The molecule has 1 aliphatic carbocycles. The zero-order valence-electron chi connectivity index (χ0n) is 6.13. The maximum Gasteiger partial charge on any atom is 0 e. The van der Waals surface area contributed by atoms with Gasteiger partial charge in [-0.1, -0.05) is 36.2 Å². The van der Waals surface area contributed by atoms with Crippen LogP contribution in [0.25, 0.3) is 6.08 Å². The normalized spacial score (nSPS) is 12.7. The van der Waals surface area contributed by atoms with Crippen LogP contribution in [0.2, 0.25) is 0 Å². The average molecular weight is 315 g/mol. The third-order valence-corrected chi connectivity index (χ3v) is 1.80. The van der Waals surface area contributed by atoms with Gasteiger partial charge in [0.2, 0.25) is 0 Å². The van der Waals surface area contributed by atoms with Crippen LogP contribution in [0, 0.1) is 6.42 Å². The van der Waals surface area contributed by atoms with Crippen molar-refractivity contribution >= 4 is 6.08 Å². The summed E-state index contributed by atoms with van der Waals surface area (Å²) in [7, 11) is 0. The van der Waals surface area contributed by atoms with Crippen molar-refractivity contribution < 1.29 is 20.4 Å². The van der Waals surface area contributed by atoms with Gasteiger partial charge in [0.05, 0.1) is 0 Å². The molecule has 1 heteroatoms. The Labute approximate surface area is 81.0 Å². The van der Waals surface area contributed by atoms with Gasteiger partial charge in [0.25, 0.3) is 0 Å². The summed E-state index contributed by atoms with van der Waals surface area (Å²) < 4.78 is 0. The molecule has 1 aromatic rings. The molecule has 1 radical (unpaired) electrons. The first-order valence-electron chi connectivity index (χ1n) is 3.54. The molecule has 0 N–H and O–H groups in total. The van der Waals surface area contributed by atoms with Crippen molar-refractivity contribution in [2.45, 2.75) is 6.42 Å². The van der Waals surface area contributed by atoms with E-state index in [2.05, 4.69) is 42.8 Å². The van der Waals surface area contributed by atoms with E-state index >= 15 is 0 Å². The first kappa shape index (κ1) is 8.59. The summed E-state index contributed by atoms with van der Waals surface area (Å²) in [6, 6.07) is 8.49. The minimum Gasteiger partial charge on any atom is -0.227 e. The summed E-state index contributed by atoms with van der Waals surface area (Å²) in [5, 5.41) is 0. The molecule has 0 amide bonds. The standard InChI is InChI=1S/C10H9.Re/c1-2-6-10-8-4-3-7-9(10)5-1;/h1-7H,8H2;/q-1;. The maximum atomic E-state index is 2.18. The molecule has 0 aromatic heterocycles. The molecule has 0 fully saturated rings. The van der Waals surface area contributed by atoms with Gasteiger partial charge in [-0.3, -0.25) is 0 Å². The Hall–Kier alpha value is -0.508. The fraction of sp³-hybridized carbons (Fsp3) is 0.100. The Kier molecular flexibility index (Phi) is 2.94. The summed E-state index contributed by atoms with van der Waals surface area (Å²) in [4.78, 5) is 0. The van der Waals surface area contributed by atoms with Gasteiger partial charge < -0.3 is 0 Å². The van der Waals surface area contributed by atoms with Crippen molar-refractivity contribution in [3.8, 4) is 0 Å². The summed E-state index contributed by atoms with van der Waals surface area (Å²) in [5.41, 5.74) is 2.80. The molecular weight excluding hydrogens is 306 g/mol. The average Bonchev–Trinajstić information content (AvgIpc) is 2.05. The molecule has 2 rings (SSSR count). The van der Waals surface area contributed by atoms with Crippen molar-refractivity contribution in [3.05, 3.63) is 47.9 Å². The van der Waals surface area contributed by atoms with Crippen molar-refractivity contribution in [1.29, 1.82) is 0 Å². The molecule has 0 nitrogen and oxygen atoms in total. The first-order valence-corrected chi connectivity index (χ1v) is 3.54. The van der Waals surface area contributed by atoms with Gasteiger partial charge in [0, 0.05) is 20.4 Å². The Morgan fingerprint density at radius 3 is 2.82 bits per heavy atom. The molecule has 57 valence electrons. The fourth-order valence-electron chi connectivity index (χ4n) is 1.25. The van der Waals surface area contributed by atoms with E-state index < -0.39 is 0 Å². The molecule has 0 spiro atoms. The zero-order chi connectivity index (χ0) is 6.81.